The zero-order valence-electron chi connectivity index (χ0n) is 26.6. The van der Waals surface area contributed by atoms with Crippen LogP contribution in [0.3, 0.4) is 0 Å². The van der Waals surface area contributed by atoms with Gasteiger partial charge < -0.3 is 28.5 Å². The van der Waals surface area contributed by atoms with Crippen LogP contribution in [0.1, 0.15) is 58.6 Å². The molecule has 0 aliphatic heterocycles. The minimum Gasteiger partial charge on any atom is -0.497 e. The number of ether oxygens (including phenoxy) is 4. The Labute approximate surface area is 248 Å². The number of carbonyl (C=O) groups is 1. The monoisotopic (exact) mass is 588 g/mol. The fourth-order valence-electron chi connectivity index (χ4n) is 4.23. The Balaban J connectivity index is 1.94. The van der Waals surface area contributed by atoms with E-state index in [1.165, 1.54) is 0 Å². The molecule has 41 heavy (non-hydrogen) atoms. The van der Waals surface area contributed by atoms with Crippen LogP contribution in [0, 0.1) is 11.8 Å². The number of benzene rings is 2. The Morgan fingerprint density at radius 3 is 1.63 bits per heavy atom. The third-order valence-electron chi connectivity index (χ3n) is 8.24. The SMILES string of the molecule is COc1ccc(COCC[C@@H](O)[C@@H](C)C(=O)[C@@H](C)[C@@H](CCOCc2ccc(OC)cc2)O[Si](C)(C)C(C)(C)C)cc1. The maximum atomic E-state index is 13.6. The highest BCUT2D eigenvalue weighted by Gasteiger charge is 2.42. The van der Waals surface area contributed by atoms with Crippen LogP contribution < -0.4 is 9.47 Å². The quantitative estimate of drug-likeness (QED) is 0.151. The largest absolute Gasteiger partial charge is 0.497 e. The number of aliphatic hydroxyl groups excluding tert-OH is 1. The standard InChI is InChI=1S/C33H52O7Si/c1-24(30(34)18-20-38-22-26-10-14-28(36-6)15-11-26)32(35)25(2)31(40-41(8,9)33(3,4)5)19-21-39-23-27-12-16-29(37-7)17-13-27/h10-17,24-25,30-31,34H,18-23H2,1-9H3/t24-,25+,30-,31-/m1/s1. The molecule has 0 amide bonds. The normalized spacial score (nSPS) is 15.2. The Kier molecular flexibility index (Phi) is 14.0. The first-order valence-corrected chi connectivity index (χ1v) is 17.5. The molecule has 0 spiro atoms. The molecule has 8 heteroatoms. The Morgan fingerprint density at radius 2 is 1.22 bits per heavy atom. The van der Waals surface area contributed by atoms with E-state index < -0.39 is 20.3 Å². The van der Waals surface area contributed by atoms with Crippen molar-refractivity contribution in [3.8, 4) is 11.5 Å². The number of Topliss-reactive ketones (excluding diaryl/α,β-unsaturated/α-hetero) is 1. The second-order valence-corrected chi connectivity index (χ2v) is 17.1. The molecule has 0 unspecified atom stereocenters. The van der Waals surface area contributed by atoms with Crippen molar-refractivity contribution >= 4 is 14.1 Å². The molecule has 0 saturated heterocycles. The van der Waals surface area contributed by atoms with Crippen molar-refractivity contribution in [3.63, 3.8) is 0 Å². The number of hydrogen-bond acceptors (Lipinski definition) is 7. The molecule has 230 valence electrons. The second-order valence-electron chi connectivity index (χ2n) is 12.3. The van der Waals surface area contributed by atoms with Crippen LogP contribution in [-0.4, -0.2) is 58.8 Å². The van der Waals surface area contributed by atoms with Crippen molar-refractivity contribution in [1.29, 1.82) is 0 Å². The van der Waals surface area contributed by atoms with E-state index in [9.17, 15) is 9.90 Å². The van der Waals surface area contributed by atoms with Gasteiger partial charge in [-0.05, 0) is 66.4 Å². The van der Waals surface area contributed by atoms with E-state index in [0.717, 1.165) is 22.6 Å². The molecule has 2 rings (SSSR count). The van der Waals surface area contributed by atoms with E-state index in [2.05, 4.69) is 33.9 Å². The smallest absolute Gasteiger partial charge is 0.192 e. The topological polar surface area (TPSA) is 83.5 Å². The van der Waals surface area contributed by atoms with Crippen molar-refractivity contribution in [1.82, 2.24) is 0 Å². The molecular weight excluding hydrogens is 536 g/mol. The average Bonchev–Trinajstić information content (AvgIpc) is 2.95. The highest BCUT2D eigenvalue weighted by molar-refractivity contribution is 6.74. The number of hydrogen-bond donors (Lipinski definition) is 1. The van der Waals surface area contributed by atoms with Gasteiger partial charge in [0.05, 0.1) is 39.6 Å². The summed E-state index contributed by atoms with van der Waals surface area (Å²) in [6.07, 6.45) is -0.0985. The molecule has 0 aromatic heterocycles. The lowest BCUT2D eigenvalue weighted by Crippen LogP contribution is -2.48. The minimum atomic E-state index is -2.15. The van der Waals surface area contributed by atoms with E-state index >= 15 is 0 Å². The van der Waals surface area contributed by atoms with Gasteiger partial charge in [-0.3, -0.25) is 4.79 Å². The number of aliphatic hydroxyl groups is 1. The molecular formula is C33H52O7Si. The molecule has 7 nitrogen and oxygen atoms in total. The molecule has 0 heterocycles. The first-order valence-electron chi connectivity index (χ1n) is 14.6. The molecule has 0 radical (unpaired) electrons. The summed E-state index contributed by atoms with van der Waals surface area (Å²) in [5, 5.41) is 10.8. The zero-order chi connectivity index (χ0) is 30.6. The Bertz CT molecular complexity index is 1030. The van der Waals surface area contributed by atoms with Crippen LogP contribution in [0.25, 0.3) is 0 Å². The summed E-state index contributed by atoms with van der Waals surface area (Å²) in [5.41, 5.74) is 2.08. The van der Waals surface area contributed by atoms with Crippen molar-refractivity contribution in [2.75, 3.05) is 27.4 Å². The predicted octanol–water partition coefficient (Wildman–Crippen LogP) is 6.81. The number of rotatable bonds is 18. The van der Waals surface area contributed by atoms with Gasteiger partial charge in [0.1, 0.15) is 17.3 Å². The van der Waals surface area contributed by atoms with Gasteiger partial charge in [-0.2, -0.15) is 0 Å². The van der Waals surface area contributed by atoms with Crippen LogP contribution >= 0.6 is 0 Å². The van der Waals surface area contributed by atoms with Crippen LogP contribution in [0.2, 0.25) is 18.1 Å². The lowest BCUT2D eigenvalue weighted by atomic mass is 9.86. The summed E-state index contributed by atoms with van der Waals surface area (Å²) < 4.78 is 28.9. The van der Waals surface area contributed by atoms with Crippen molar-refractivity contribution < 1.29 is 33.3 Å². The molecule has 0 fully saturated rings. The molecule has 4 atom stereocenters. The highest BCUT2D eigenvalue weighted by Crippen LogP contribution is 2.39. The van der Waals surface area contributed by atoms with Crippen molar-refractivity contribution in [2.45, 2.75) is 91.0 Å². The highest BCUT2D eigenvalue weighted by atomic mass is 28.4. The Hall–Kier alpha value is -2.23. The van der Waals surface area contributed by atoms with Gasteiger partial charge in [-0.15, -0.1) is 0 Å². The van der Waals surface area contributed by atoms with Gasteiger partial charge in [0, 0.05) is 25.0 Å². The second kappa shape index (κ2) is 16.4. The fraction of sp³-hybridized carbons (Fsp3) is 0.606. The summed E-state index contributed by atoms with van der Waals surface area (Å²) in [4.78, 5) is 13.6. The zero-order valence-corrected chi connectivity index (χ0v) is 27.6. The van der Waals surface area contributed by atoms with Gasteiger partial charge in [-0.1, -0.05) is 58.9 Å². The molecule has 1 N–H and O–H groups in total. The maximum Gasteiger partial charge on any atom is 0.192 e. The summed E-state index contributed by atoms with van der Waals surface area (Å²) in [6.45, 7) is 16.5. The van der Waals surface area contributed by atoms with Crippen molar-refractivity contribution in [2.24, 2.45) is 11.8 Å². The Morgan fingerprint density at radius 1 is 0.780 bits per heavy atom. The van der Waals surface area contributed by atoms with E-state index in [1.54, 1.807) is 21.1 Å². The lowest BCUT2D eigenvalue weighted by Gasteiger charge is -2.41. The van der Waals surface area contributed by atoms with E-state index in [1.807, 2.05) is 55.5 Å². The number of ketones is 1. The lowest BCUT2D eigenvalue weighted by molar-refractivity contribution is -0.133. The van der Waals surface area contributed by atoms with Gasteiger partial charge >= 0.3 is 0 Å². The molecule has 0 saturated carbocycles. The molecule has 0 aliphatic carbocycles. The van der Waals surface area contributed by atoms with Gasteiger partial charge in [0.2, 0.25) is 0 Å². The molecule has 0 bridgehead atoms. The van der Waals surface area contributed by atoms with Gasteiger partial charge in [-0.25, -0.2) is 0 Å². The fourth-order valence-corrected chi connectivity index (χ4v) is 5.66. The first kappa shape index (κ1) is 35.0. The first-order chi connectivity index (χ1) is 19.3. The van der Waals surface area contributed by atoms with Crippen LogP contribution in [-0.2, 0) is 31.9 Å². The number of methoxy groups -OCH3 is 2. The summed E-state index contributed by atoms with van der Waals surface area (Å²) >= 11 is 0. The van der Waals surface area contributed by atoms with E-state index in [4.69, 9.17) is 23.4 Å². The summed E-state index contributed by atoms with van der Waals surface area (Å²) in [7, 11) is 1.13. The predicted molar refractivity (Wildman–Crippen MR) is 166 cm³/mol. The third kappa shape index (κ3) is 11.2. The van der Waals surface area contributed by atoms with E-state index in [0.29, 0.717) is 39.3 Å². The van der Waals surface area contributed by atoms with Gasteiger partial charge in [0.25, 0.3) is 0 Å². The number of carbonyl (C=O) groups excluding carboxylic acids is 1. The van der Waals surface area contributed by atoms with Crippen LogP contribution in [0.15, 0.2) is 48.5 Å². The third-order valence-corrected chi connectivity index (χ3v) is 12.7. The summed E-state index contributed by atoms with van der Waals surface area (Å²) in [5.74, 6) is 0.708. The molecule has 0 aliphatic rings. The molecule has 2 aromatic rings. The minimum absolute atomic E-state index is 0.00429. The maximum absolute atomic E-state index is 13.6. The van der Waals surface area contributed by atoms with E-state index in [-0.39, 0.29) is 22.8 Å². The van der Waals surface area contributed by atoms with Crippen LogP contribution in [0.4, 0.5) is 0 Å². The van der Waals surface area contributed by atoms with Crippen molar-refractivity contribution in [3.05, 3.63) is 59.7 Å². The molecule has 2 aromatic carbocycles. The van der Waals surface area contributed by atoms with Gasteiger partial charge in [0.15, 0.2) is 8.32 Å². The summed E-state index contributed by atoms with van der Waals surface area (Å²) in [6, 6.07) is 15.5. The van der Waals surface area contributed by atoms with Crippen LogP contribution in [0.5, 0.6) is 11.5 Å². The average molecular weight is 589 g/mol.